The Kier molecular flexibility index (Phi) is 6.84. The van der Waals surface area contributed by atoms with Gasteiger partial charge in [0.05, 0.1) is 26.0 Å². The molecule has 1 atom stereocenters. The van der Waals surface area contributed by atoms with Crippen LogP contribution in [-0.4, -0.2) is 49.8 Å². The monoisotopic (exact) mass is 241 g/mol. The molecule has 0 fully saturated rings. The van der Waals surface area contributed by atoms with Crippen molar-refractivity contribution in [3.8, 4) is 0 Å². The zero-order chi connectivity index (χ0) is 12.5. The Morgan fingerprint density at radius 2 is 2.29 bits per heavy atom. The fourth-order valence-electron chi connectivity index (χ4n) is 1.62. The van der Waals surface area contributed by atoms with Gasteiger partial charge in [-0.05, 0) is 25.5 Å². The predicted octanol–water partition coefficient (Wildman–Crippen LogP) is 0.604. The molecule has 0 saturated carbocycles. The summed E-state index contributed by atoms with van der Waals surface area (Å²) >= 11 is 0. The lowest BCUT2D eigenvalue weighted by Crippen LogP contribution is -2.31. The molecule has 17 heavy (non-hydrogen) atoms. The fraction of sp³-hybridized carbons (Fsp3) is 0.750. The molecule has 0 aliphatic carbocycles. The van der Waals surface area contributed by atoms with Gasteiger partial charge < -0.3 is 14.8 Å². The van der Waals surface area contributed by atoms with Gasteiger partial charge >= 0.3 is 0 Å². The second-order valence-electron chi connectivity index (χ2n) is 4.11. The molecule has 5 heteroatoms. The number of ether oxygens (including phenoxy) is 2. The van der Waals surface area contributed by atoms with Gasteiger partial charge in [0, 0.05) is 26.4 Å². The second-order valence-corrected chi connectivity index (χ2v) is 4.11. The minimum absolute atomic E-state index is 0.382. The minimum Gasteiger partial charge on any atom is -0.382 e. The van der Waals surface area contributed by atoms with Crippen molar-refractivity contribution < 1.29 is 9.47 Å². The highest BCUT2D eigenvalue weighted by molar-refractivity contribution is 5.03. The average molecular weight is 241 g/mol. The molecule has 1 N–H and O–H groups in total. The summed E-state index contributed by atoms with van der Waals surface area (Å²) in [5.74, 6) is 0. The molecule has 1 unspecified atom stereocenters. The smallest absolute Gasteiger partial charge is 0.0701 e. The molecular formula is C12H23N3O2. The summed E-state index contributed by atoms with van der Waals surface area (Å²) in [7, 11) is 5.59. The van der Waals surface area contributed by atoms with Crippen LogP contribution in [0.5, 0.6) is 0 Å². The van der Waals surface area contributed by atoms with Crippen molar-refractivity contribution in [1.29, 1.82) is 0 Å². The predicted molar refractivity (Wildman–Crippen MR) is 67.1 cm³/mol. The molecule has 0 aromatic carbocycles. The van der Waals surface area contributed by atoms with E-state index in [1.165, 1.54) is 5.56 Å². The molecule has 5 nitrogen and oxygen atoms in total. The highest BCUT2D eigenvalue weighted by atomic mass is 16.5. The topological polar surface area (TPSA) is 48.3 Å². The lowest BCUT2D eigenvalue weighted by molar-refractivity contribution is 0.0586. The Morgan fingerprint density at radius 3 is 2.88 bits per heavy atom. The molecule has 0 spiro atoms. The van der Waals surface area contributed by atoms with Crippen LogP contribution in [0.2, 0.25) is 0 Å². The van der Waals surface area contributed by atoms with E-state index in [0.717, 1.165) is 19.4 Å². The lowest BCUT2D eigenvalue weighted by atomic mass is 10.1. The molecule has 0 bridgehead atoms. The molecule has 0 saturated heterocycles. The van der Waals surface area contributed by atoms with Gasteiger partial charge in [0.1, 0.15) is 0 Å². The quantitative estimate of drug-likeness (QED) is 0.643. The van der Waals surface area contributed by atoms with Crippen LogP contribution in [0.25, 0.3) is 0 Å². The first-order valence-electron chi connectivity index (χ1n) is 5.97. The number of hydrogen-bond acceptors (Lipinski definition) is 4. The highest BCUT2D eigenvalue weighted by Crippen LogP contribution is 2.04. The van der Waals surface area contributed by atoms with Crippen molar-refractivity contribution in [1.82, 2.24) is 15.1 Å². The first kappa shape index (κ1) is 14.2. The van der Waals surface area contributed by atoms with Gasteiger partial charge in [0.2, 0.25) is 0 Å². The molecular weight excluding hydrogens is 218 g/mol. The summed E-state index contributed by atoms with van der Waals surface area (Å²) in [4.78, 5) is 0. The van der Waals surface area contributed by atoms with Crippen LogP contribution in [0.15, 0.2) is 12.4 Å². The second kappa shape index (κ2) is 8.22. The molecule has 98 valence electrons. The van der Waals surface area contributed by atoms with Crippen LogP contribution in [0.1, 0.15) is 12.0 Å². The third-order valence-corrected chi connectivity index (χ3v) is 2.70. The average Bonchev–Trinajstić information content (AvgIpc) is 2.74. The van der Waals surface area contributed by atoms with Crippen LogP contribution in [0.4, 0.5) is 0 Å². The van der Waals surface area contributed by atoms with E-state index in [1.807, 2.05) is 25.0 Å². The normalized spacial score (nSPS) is 12.9. The van der Waals surface area contributed by atoms with Crippen LogP contribution >= 0.6 is 0 Å². The Balaban J connectivity index is 2.18. The zero-order valence-corrected chi connectivity index (χ0v) is 11.0. The standard InChI is InChI=1S/C12H23N3O2/c1-13-12(10-17-7-6-16-3)5-4-11-8-14-15(2)9-11/h8-9,12-13H,4-7,10H2,1-3H3. The van der Waals surface area contributed by atoms with Crippen molar-refractivity contribution in [2.45, 2.75) is 18.9 Å². The number of rotatable bonds is 9. The van der Waals surface area contributed by atoms with Gasteiger partial charge in [-0.15, -0.1) is 0 Å². The number of hydrogen-bond donors (Lipinski definition) is 1. The van der Waals surface area contributed by atoms with Gasteiger partial charge in [-0.1, -0.05) is 0 Å². The van der Waals surface area contributed by atoms with Gasteiger partial charge in [0.15, 0.2) is 0 Å². The number of likely N-dealkylation sites (N-methyl/N-ethyl adjacent to an activating group) is 1. The van der Waals surface area contributed by atoms with Crippen molar-refractivity contribution >= 4 is 0 Å². The van der Waals surface area contributed by atoms with Gasteiger partial charge in [-0.3, -0.25) is 4.68 Å². The van der Waals surface area contributed by atoms with Gasteiger partial charge in [-0.2, -0.15) is 5.10 Å². The Hall–Kier alpha value is -0.910. The summed E-state index contributed by atoms with van der Waals surface area (Å²) < 4.78 is 12.3. The van der Waals surface area contributed by atoms with E-state index in [4.69, 9.17) is 9.47 Å². The highest BCUT2D eigenvalue weighted by Gasteiger charge is 2.07. The van der Waals surface area contributed by atoms with Gasteiger partial charge in [0.25, 0.3) is 0 Å². The molecule has 0 aliphatic rings. The Bertz CT molecular complexity index is 302. The molecule has 1 heterocycles. The fourth-order valence-corrected chi connectivity index (χ4v) is 1.62. The first-order chi connectivity index (χ1) is 8.26. The van der Waals surface area contributed by atoms with E-state index < -0.39 is 0 Å². The molecule has 0 radical (unpaired) electrons. The van der Waals surface area contributed by atoms with Crippen molar-refractivity contribution in [3.63, 3.8) is 0 Å². The van der Waals surface area contributed by atoms with Crippen LogP contribution in [-0.2, 0) is 22.9 Å². The summed E-state index contributed by atoms with van der Waals surface area (Å²) in [5, 5.41) is 7.42. The number of aryl methyl sites for hydroxylation is 2. The third-order valence-electron chi connectivity index (χ3n) is 2.70. The first-order valence-corrected chi connectivity index (χ1v) is 5.97. The number of aromatic nitrogens is 2. The lowest BCUT2D eigenvalue weighted by Gasteiger charge is -2.15. The molecule has 1 aromatic rings. The van der Waals surface area contributed by atoms with E-state index in [9.17, 15) is 0 Å². The number of nitrogens with one attached hydrogen (secondary N) is 1. The van der Waals surface area contributed by atoms with Crippen molar-refractivity contribution in [2.24, 2.45) is 7.05 Å². The third kappa shape index (κ3) is 5.81. The summed E-state index contributed by atoms with van der Waals surface area (Å²) in [6.07, 6.45) is 6.04. The van der Waals surface area contributed by atoms with E-state index in [1.54, 1.807) is 7.11 Å². The number of methoxy groups -OCH3 is 1. The van der Waals surface area contributed by atoms with Crippen molar-refractivity contribution in [3.05, 3.63) is 18.0 Å². The van der Waals surface area contributed by atoms with Crippen molar-refractivity contribution in [2.75, 3.05) is 34.0 Å². The Labute approximate surface area is 103 Å². The molecule has 1 aromatic heterocycles. The molecule has 0 aliphatic heterocycles. The molecule has 1 rings (SSSR count). The summed E-state index contributed by atoms with van der Waals surface area (Å²) in [6, 6.07) is 0.382. The van der Waals surface area contributed by atoms with Crippen LogP contribution in [0.3, 0.4) is 0 Å². The van der Waals surface area contributed by atoms with E-state index in [2.05, 4.69) is 16.6 Å². The summed E-state index contributed by atoms with van der Waals surface area (Å²) in [6.45, 7) is 2.03. The zero-order valence-electron chi connectivity index (χ0n) is 11.0. The van der Waals surface area contributed by atoms with Crippen LogP contribution in [0, 0.1) is 0 Å². The van der Waals surface area contributed by atoms with Gasteiger partial charge in [-0.25, -0.2) is 0 Å². The van der Waals surface area contributed by atoms with E-state index >= 15 is 0 Å². The van der Waals surface area contributed by atoms with E-state index in [0.29, 0.717) is 19.3 Å². The maximum absolute atomic E-state index is 5.51. The maximum atomic E-state index is 5.51. The SMILES string of the molecule is CNC(CCc1cnn(C)c1)COCCOC. The van der Waals surface area contributed by atoms with Crippen LogP contribution < -0.4 is 5.32 Å². The summed E-state index contributed by atoms with van der Waals surface area (Å²) in [5.41, 5.74) is 1.27. The largest absolute Gasteiger partial charge is 0.382 e. The van der Waals surface area contributed by atoms with E-state index in [-0.39, 0.29) is 0 Å². The number of nitrogens with zero attached hydrogens (tertiary/aromatic N) is 2. The minimum atomic E-state index is 0.382. The molecule has 0 amide bonds. The Morgan fingerprint density at radius 1 is 1.47 bits per heavy atom. The maximum Gasteiger partial charge on any atom is 0.0701 e.